The zero-order valence-electron chi connectivity index (χ0n) is 13.0. The molecule has 0 aromatic heterocycles. The number of fused-ring (bicyclic) bond motifs is 1. The van der Waals surface area contributed by atoms with Gasteiger partial charge in [-0.1, -0.05) is 25.8 Å². The van der Waals surface area contributed by atoms with Crippen LogP contribution in [0.1, 0.15) is 38.2 Å². The van der Waals surface area contributed by atoms with Gasteiger partial charge in [-0.25, -0.2) is 0 Å². The van der Waals surface area contributed by atoms with Crippen molar-refractivity contribution in [2.75, 3.05) is 12.5 Å². The molecule has 120 valence electrons. The highest BCUT2D eigenvalue weighted by Gasteiger charge is 2.22. The minimum atomic E-state index is 0.157. The van der Waals surface area contributed by atoms with E-state index in [2.05, 4.69) is 12.2 Å². The number of rotatable bonds is 5. The molecular formula is C17H23NO3S. The van der Waals surface area contributed by atoms with Crippen molar-refractivity contribution in [2.45, 2.75) is 44.4 Å². The first kappa shape index (κ1) is 15.5. The van der Waals surface area contributed by atoms with Crippen molar-refractivity contribution in [3.05, 3.63) is 23.8 Å². The molecule has 2 aliphatic rings. The number of hydrogen-bond acceptors (Lipinski definition) is 4. The molecule has 1 N–H and O–H groups in total. The van der Waals surface area contributed by atoms with Crippen molar-refractivity contribution in [2.24, 2.45) is 5.92 Å². The van der Waals surface area contributed by atoms with E-state index in [1.165, 1.54) is 19.3 Å². The lowest BCUT2D eigenvalue weighted by Crippen LogP contribution is -2.41. The monoisotopic (exact) mass is 321 g/mol. The number of thioether (sulfide) groups is 1. The van der Waals surface area contributed by atoms with Crippen molar-refractivity contribution < 1.29 is 14.3 Å². The minimum absolute atomic E-state index is 0.157. The summed E-state index contributed by atoms with van der Waals surface area (Å²) in [6.45, 7) is 2.54. The Morgan fingerprint density at radius 3 is 2.95 bits per heavy atom. The fourth-order valence-electron chi connectivity index (χ4n) is 3.07. The molecule has 0 unspecified atom stereocenters. The van der Waals surface area contributed by atoms with Gasteiger partial charge in [0.15, 0.2) is 11.5 Å². The second kappa shape index (κ2) is 7.27. The smallest absolute Gasteiger partial charge is 0.231 e. The highest BCUT2D eigenvalue weighted by Crippen LogP contribution is 2.33. The van der Waals surface area contributed by atoms with Crippen LogP contribution in [0.4, 0.5) is 0 Å². The molecule has 1 aromatic rings. The van der Waals surface area contributed by atoms with Crippen LogP contribution in [0.5, 0.6) is 11.5 Å². The van der Waals surface area contributed by atoms with Gasteiger partial charge in [0.2, 0.25) is 12.7 Å². The first-order valence-corrected chi connectivity index (χ1v) is 9.13. The standard InChI is InChI=1S/C17H23NO3S/c1-12-4-2-3-5-14(12)18-17(19)10-22-9-13-6-7-15-16(8-13)21-11-20-15/h6-8,12,14H,2-5,9-11H2,1H3,(H,18,19)/t12-,14-/m0/s1. The van der Waals surface area contributed by atoms with E-state index < -0.39 is 0 Å². The van der Waals surface area contributed by atoms with Crippen molar-refractivity contribution in [1.29, 1.82) is 0 Å². The van der Waals surface area contributed by atoms with E-state index in [1.807, 2.05) is 18.2 Å². The van der Waals surface area contributed by atoms with Gasteiger partial charge in [0, 0.05) is 11.8 Å². The second-order valence-electron chi connectivity index (χ2n) is 6.12. The number of ether oxygens (including phenoxy) is 2. The van der Waals surface area contributed by atoms with Crippen LogP contribution < -0.4 is 14.8 Å². The van der Waals surface area contributed by atoms with E-state index in [9.17, 15) is 4.79 Å². The van der Waals surface area contributed by atoms with Crippen LogP contribution in [-0.4, -0.2) is 24.5 Å². The van der Waals surface area contributed by atoms with E-state index in [-0.39, 0.29) is 5.91 Å². The van der Waals surface area contributed by atoms with E-state index in [1.54, 1.807) is 11.8 Å². The number of amides is 1. The molecule has 0 spiro atoms. The predicted molar refractivity (Wildman–Crippen MR) is 88.3 cm³/mol. The number of nitrogens with one attached hydrogen (secondary N) is 1. The van der Waals surface area contributed by atoms with E-state index >= 15 is 0 Å². The molecule has 1 aliphatic carbocycles. The fourth-order valence-corrected chi connectivity index (χ4v) is 3.86. The first-order chi connectivity index (χ1) is 10.7. The topological polar surface area (TPSA) is 47.6 Å². The zero-order chi connectivity index (χ0) is 15.4. The van der Waals surface area contributed by atoms with Crippen LogP contribution in [0.15, 0.2) is 18.2 Å². The summed E-state index contributed by atoms with van der Waals surface area (Å²) in [5.41, 5.74) is 1.16. The fraction of sp³-hybridized carbons (Fsp3) is 0.588. The molecule has 0 saturated heterocycles. The molecule has 1 fully saturated rings. The minimum Gasteiger partial charge on any atom is -0.454 e. The molecule has 1 aromatic carbocycles. The van der Waals surface area contributed by atoms with Crippen LogP contribution in [0.2, 0.25) is 0 Å². The van der Waals surface area contributed by atoms with E-state index in [4.69, 9.17) is 9.47 Å². The lowest BCUT2D eigenvalue weighted by Gasteiger charge is -2.29. The third kappa shape index (κ3) is 3.88. The lowest BCUT2D eigenvalue weighted by atomic mass is 9.86. The largest absolute Gasteiger partial charge is 0.454 e. The molecular weight excluding hydrogens is 298 g/mol. The highest BCUT2D eigenvalue weighted by molar-refractivity contribution is 7.99. The van der Waals surface area contributed by atoms with Gasteiger partial charge in [-0.2, -0.15) is 0 Å². The van der Waals surface area contributed by atoms with Gasteiger partial charge in [-0.3, -0.25) is 4.79 Å². The van der Waals surface area contributed by atoms with Crippen molar-refractivity contribution >= 4 is 17.7 Å². The lowest BCUT2D eigenvalue weighted by molar-refractivity contribution is -0.119. The van der Waals surface area contributed by atoms with Gasteiger partial charge >= 0.3 is 0 Å². The summed E-state index contributed by atoms with van der Waals surface area (Å²) < 4.78 is 10.7. The van der Waals surface area contributed by atoms with Crippen LogP contribution >= 0.6 is 11.8 Å². The Balaban J connectivity index is 1.41. The Morgan fingerprint density at radius 1 is 1.27 bits per heavy atom. The van der Waals surface area contributed by atoms with Crippen LogP contribution in [-0.2, 0) is 10.5 Å². The SMILES string of the molecule is C[C@H]1CCCC[C@@H]1NC(=O)CSCc1ccc2c(c1)OCO2. The van der Waals surface area contributed by atoms with Crippen molar-refractivity contribution in [1.82, 2.24) is 5.32 Å². The van der Waals surface area contributed by atoms with E-state index in [0.717, 1.165) is 29.2 Å². The maximum absolute atomic E-state index is 12.1. The summed E-state index contributed by atoms with van der Waals surface area (Å²) in [5, 5.41) is 3.19. The van der Waals surface area contributed by atoms with Crippen LogP contribution in [0.25, 0.3) is 0 Å². The van der Waals surface area contributed by atoms with Gasteiger partial charge < -0.3 is 14.8 Å². The Hall–Kier alpha value is -1.36. The second-order valence-corrected chi connectivity index (χ2v) is 7.10. The average Bonchev–Trinajstić information content (AvgIpc) is 2.97. The molecule has 0 radical (unpaired) electrons. The van der Waals surface area contributed by atoms with Crippen LogP contribution in [0.3, 0.4) is 0 Å². The molecule has 22 heavy (non-hydrogen) atoms. The summed E-state index contributed by atoms with van der Waals surface area (Å²) >= 11 is 1.64. The third-order valence-electron chi connectivity index (χ3n) is 4.40. The van der Waals surface area contributed by atoms with Crippen molar-refractivity contribution in [3.63, 3.8) is 0 Å². The Bertz CT molecular complexity index is 535. The molecule has 4 nitrogen and oxygen atoms in total. The maximum atomic E-state index is 12.1. The number of hydrogen-bond donors (Lipinski definition) is 1. The summed E-state index contributed by atoms with van der Waals surface area (Å²) in [6.07, 6.45) is 4.89. The van der Waals surface area contributed by atoms with Crippen LogP contribution in [0, 0.1) is 5.92 Å². The summed E-state index contributed by atoms with van der Waals surface area (Å²) in [6, 6.07) is 6.33. The summed E-state index contributed by atoms with van der Waals surface area (Å²) in [5.74, 6) is 3.69. The molecule has 3 rings (SSSR count). The quantitative estimate of drug-likeness (QED) is 0.903. The molecule has 1 saturated carbocycles. The molecule has 0 bridgehead atoms. The molecule has 1 amide bonds. The Kier molecular flexibility index (Phi) is 5.13. The molecule has 1 heterocycles. The van der Waals surface area contributed by atoms with Gasteiger partial charge in [0.05, 0.1) is 5.75 Å². The van der Waals surface area contributed by atoms with Gasteiger partial charge in [-0.15, -0.1) is 11.8 Å². The number of carbonyl (C=O) groups is 1. The number of benzene rings is 1. The van der Waals surface area contributed by atoms with Gasteiger partial charge in [0.1, 0.15) is 0 Å². The van der Waals surface area contributed by atoms with Crippen molar-refractivity contribution in [3.8, 4) is 11.5 Å². The van der Waals surface area contributed by atoms with Gasteiger partial charge in [0.25, 0.3) is 0 Å². The molecule has 2 atom stereocenters. The number of carbonyl (C=O) groups excluding carboxylic acids is 1. The zero-order valence-corrected chi connectivity index (χ0v) is 13.8. The normalized spacial score (nSPS) is 23.3. The summed E-state index contributed by atoms with van der Waals surface area (Å²) in [4.78, 5) is 12.1. The molecule has 5 heteroatoms. The average molecular weight is 321 g/mol. The predicted octanol–water partition coefficient (Wildman–Crippen LogP) is 3.34. The Morgan fingerprint density at radius 2 is 2.09 bits per heavy atom. The van der Waals surface area contributed by atoms with E-state index in [0.29, 0.717) is 24.5 Å². The Labute approximate surface area is 135 Å². The third-order valence-corrected chi connectivity index (χ3v) is 5.40. The summed E-state index contributed by atoms with van der Waals surface area (Å²) in [7, 11) is 0. The highest BCUT2D eigenvalue weighted by atomic mass is 32.2. The van der Waals surface area contributed by atoms with Gasteiger partial charge in [-0.05, 0) is 36.5 Å². The first-order valence-electron chi connectivity index (χ1n) is 7.98. The maximum Gasteiger partial charge on any atom is 0.231 e. The molecule has 1 aliphatic heterocycles.